The summed E-state index contributed by atoms with van der Waals surface area (Å²) in [6.45, 7) is 3.45. The fraction of sp³-hybridized carbons (Fsp3) is 0.900. The highest BCUT2D eigenvalue weighted by molar-refractivity contribution is 5.81. The first-order valence-corrected chi connectivity index (χ1v) is 5.22. The molecule has 1 amide bonds. The molecule has 2 rings (SSSR count). The number of fused-ring (bicyclic) bond motifs is 1. The zero-order valence-electron chi connectivity index (χ0n) is 8.08. The van der Waals surface area contributed by atoms with Gasteiger partial charge >= 0.3 is 0 Å². The van der Waals surface area contributed by atoms with Crippen LogP contribution in [-0.4, -0.2) is 25.2 Å². The van der Waals surface area contributed by atoms with Gasteiger partial charge in [0.15, 0.2) is 0 Å². The summed E-state index contributed by atoms with van der Waals surface area (Å²) in [4.78, 5) is 11.6. The van der Waals surface area contributed by atoms with Crippen molar-refractivity contribution in [3.8, 4) is 0 Å². The Kier molecular flexibility index (Phi) is 2.54. The van der Waals surface area contributed by atoms with E-state index >= 15 is 0 Å². The monoisotopic (exact) mass is 183 g/mol. The van der Waals surface area contributed by atoms with Gasteiger partial charge in [-0.1, -0.05) is 6.42 Å². The van der Waals surface area contributed by atoms with Gasteiger partial charge < -0.3 is 10.1 Å². The molecule has 0 aromatic carbocycles. The van der Waals surface area contributed by atoms with Gasteiger partial charge in [0, 0.05) is 6.54 Å². The lowest BCUT2D eigenvalue weighted by Crippen LogP contribution is -2.37. The number of ether oxygens (including phenoxy) is 1. The molecule has 0 radical (unpaired) electrons. The van der Waals surface area contributed by atoms with E-state index in [-0.39, 0.29) is 12.0 Å². The third-order valence-electron chi connectivity index (χ3n) is 3.21. The molecule has 0 aromatic rings. The lowest BCUT2D eigenvalue weighted by atomic mass is 9.94. The minimum absolute atomic E-state index is 0.0944. The maximum absolute atomic E-state index is 11.6. The van der Waals surface area contributed by atoms with Crippen LogP contribution < -0.4 is 5.32 Å². The molecule has 13 heavy (non-hydrogen) atoms. The molecule has 1 aliphatic heterocycles. The van der Waals surface area contributed by atoms with E-state index in [1.807, 2.05) is 6.92 Å². The van der Waals surface area contributed by atoms with E-state index in [1.165, 1.54) is 19.3 Å². The Hall–Kier alpha value is -0.570. The van der Waals surface area contributed by atoms with Gasteiger partial charge in [-0.05, 0) is 31.6 Å². The smallest absolute Gasteiger partial charge is 0.249 e. The van der Waals surface area contributed by atoms with E-state index in [2.05, 4.69) is 5.32 Å². The fourth-order valence-electron chi connectivity index (χ4n) is 2.57. The van der Waals surface area contributed by atoms with E-state index < -0.39 is 0 Å². The van der Waals surface area contributed by atoms with Crippen molar-refractivity contribution in [1.29, 1.82) is 0 Å². The molecule has 3 nitrogen and oxygen atoms in total. The van der Waals surface area contributed by atoms with Gasteiger partial charge in [0.05, 0.1) is 6.61 Å². The summed E-state index contributed by atoms with van der Waals surface area (Å²) < 4.78 is 5.52. The van der Waals surface area contributed by atoms with Gasteiger partial charge in [0.25, 0.3) is 0 Å². The number of hydrogen-bond donors (Lipinski definition) is 1. The Bertz CT molecular complexity index is 205. The second-order valence-electron chi connectivity index (χ2n) is 4.00. The van der Waals surface area contributed by atoms with E-state index in [9.17, 15) is 4.79 Å². The van der Waals surface area contributed by atoms with Crippen LogP contribution in [0.4, 0.5) is 0 Å². The van der Waals surface area contributed by atoms with Gasteiger partial charge in [0.2, 0.25) is 5.91 Å². The first-order chi connectivity index (χ1) is 6.33. The normalized spacial score (nSPS) is 37.5. The molecule has 3 atom stereocenters. The van der Waals surface area contributed by atoms with Crippen LogP contribution in [-0.2, 0) is 9.53 Å². The molecular weight excluding hydrogens is 166 g/mol. The van der Waals surface area contributed by atoms with Crippen molar-refractivity contribution in [2.75, 3.05) is 13.2 Å². The first-order valence-electron chi connectivity index (χ1n) is 5.22. The predicted octanol–water partition coefficient (Wildman–Crippen LogP) is 0.938. The van der Waals surface area contributed by atoms with Crippen LogP contribution in [0, 0.1) is 11.8 Å². The molecule has 74 valence electrons. The third kappa shape index (κ3) is 1.57. The van der Waals surface area contributed by atoms with Crippen molar-refractivity contribution in [3.63, 3.8) is 0 Å². The summed E-state index contributed by atoms with van der Waals surface area (Å²) in [5, 5.41) is 2.84. The second kappa shape index (κ2) is 3.66. The van der Waals surface area contributed by atoms with Gasteiger partial charge in [-0.2, -0.15) is 0 Å². The minimum atomic E-state index is -0.146. The van der Waals surface area contributed by atoms with Gasteiger partial charge in [-0.15, -0.1) is 0 Å². The zero-order valence-corrected chi connectivity index (χ0v) is 8.08. The summed E-state index contributed by atoms with van der Waals surface area (Å²) in [5.74, 6) is 1.26. The maximum atomic E-state index is 11.6. The number of carbonyl (C=O) groups is 1. The van der Waals surface area contributed by atoms with E-state index in [0.29, 0.717) is 18.4 Å². The highest BCUT2D eigenvalue weighted by Crippen LogP contribution is 2.40. The Balaban J connectivity index is 1.96. The standard InChI is InChI=1S/C10H17NO2/c1-2-11-10(12)9-8-5-3-4-7(8)6-13-9/h7-9H,2-6H2,1H3,(H,11,12). The molecule has 1 saturated heterocycles. The Morgan fingerprint density at radius 1 is 1.54 bits per heavy atom. The van der Waals surface area contributed by atoms with Gasteiger partial charge in [-0.3, -0.25) is 4.79 Å². The molecule has 3 heteroatoms. The fourth-order valence-corrected chi connectivity index (χ4v) is 2.57. The number of likely N-dealkylation sites (N-methyl/N-ethyl adjacent to an activating group) is 1. The molecule has 1 aliphatic carbocycles. The minimum Gasteiger partial charge on any atom is -0.368 e. The molecule has 0 aromatic heterocycles. The van der Waals surface area contributed by atoms with Crippen LogP contribution in [0.3, 0.4) is 0 Å². The predicted molar refractivity (Wildman–Crippen MR) is 49.3 cm³/mol. The second-order valence-corrected chi connectivity index (χ2v) is 4.00. The lowest BCUT2D eigenvalue weighted by Gasteiger charge is -2.15. The summed E-state index contributed by atoms with van der Waals surface area (Å²) in [5.41, 5.74) is 0. The summed E-state index contributed by atoms with van der Waals surface area (Å²) in [6.07, 6.45) is 3.55. The molecule has 1 saturated carbocycles. The summed E-state index contributed by atoms with van der Waals surface area (Å²) >= 11 is 0. The topological polar surface area (TPSA) is 38.3 Å². The highest BCUT2D eigenvalue weighted by atomic mass is 16.5. The maximum Gasteiger partial charge on any atom is 0.249 e. The van der Waals surface area contributed by atoms with Crippen molar-refractivity contribution < 1.29 is 9.53 Å². The van der Waals surface area contributed by atoms with Crippen molar-refractivity contribution in [2.45, 2.75) is 32.3 Å². The van der Waals surface area contributed by atoms with Crippen LogP contribution in [0.5, 0.6) is 0 Å². The molecule has 2 fully saturated rings. The zero-order chi connectivity index (χ0) is 9.26. The van der Waals surface area contributed by atoms with Crippen LogP contribution in [0.1, 0.15) is 26.2 Å². The van der Waals surface area contributed by atoms with Crippen molar-refractivity contribution in [3.05, 3.63) is 0 Å². The number of amides is 1. The van der Waals surface area contributed by atoms with Gasteiger partial charge in [-0.25, -0.2) is 0 Å². The van der Waals surface area contributed by atoms with Crippen LogP contribution >= 0.6 is 0 Å². The quantitative estimate of drug-likeness (QED) is 0.692. The van der Waals surface area contributed by atoms with Crippen molar-refractivity contribution >= 4 is 5.91 Å². The SMILES string of the molecule is CCNC(=O)C1OCC2CCCC21. The molecule has 3 unspecified atom stereocenters. The van der Waals surface area contributed by atoms with Crippen LogP contribution in [0.2, 0.25) is 0 Å². The molecule has 1 heterocycles. The highest BCUT2D eigenvalue weighted by Gasteiger charge is 2.43. The summed E-state index contributed by atoms with van der Waals surface area (Å²) in [7, 11) is 0. The molecule has 0 spiro atoms. The average Bonchev–Trinajstić information content (AvgIpc) is 2.62. The Morgan fingerprint density at radius 2 is 2.38 bits per heavy atom. The lowest BCUT2D eigenvalue weighted by molar-refractivity contribution is -0.131. The van der Waals surface area contributed by atoms with E-state index in [4.69, 9.17) is 4.74 Å². The van der Waals surface area contributed by atoms with Crippen molar-refractivity contribution in [2.24, 2.45) is 11.8 Å². The molecule has 1 N–H and O–H groups in total. The summed E-state index contributed by atoms with van der Waals surface area (Å²) in [6, 6.07) is 0. The van der Waals surface area contributed by atoms with E-state index in [1.54, 1.807) is 0 Å². The van der Waals surface area contributed by atoms with E-state index in [0.717, 1.165) is 6.61 Å². The van der Waals surface area contributed by atoms with Crippen molar-refractivity contribution in [1.82, 2.24) is 5.32 Å². The van der Waals surface area contributed by atoms with Crippen LogP contribution in [0.25, 0.3) is 0 Å². The molecule has 2 aliphatic rings. The first kappa shape index (κ1) is 9.00. The Morgan fingerprint density at radius 3 is 3.15 bits per heavy atom. The number of rotatable bonds is 2. The number of hydrogen-bond acceptors (Lipinski definition) is 2. The Labute approximate surface area is 78.8 Å². The number of nitrogens with one attached hydrogen (secondary N) is 1. The van der Waals surface area contributed by atoms with Gasteiger partial charge in [0.1, 0.15) is 6.10 Å². The molecular formula is C10H17NO2. The molecule has 0 bridgehead atoms. The third-order valence-corrected chi connectivity index (χ3v) is 3.21. The number of carbonyl (C=O) groups excluding carboxylic acids is 1. The van der Waals surface area contributed by atoms with Crippen LogP contribution in [0.15, 0.2) is 0 Å². The average molecular weight is 183 g/mol. The largest absolute Gasteiger partial charge is 0.368 e.